The highest BCUT2D eigenvalue weighted by Gasteiger charge is 2.10. The fourth-order valence-corrected chi connectivity index (χ4v) is 2.22. The fraction of sp³-hybridized carbons (Fsp3) is 0.200. The monoisotopic (exact) mass is 236 g/mol. The maximum atomic E-state index is 4.35. The molecular formula is C15H14N3+. The molecule has 3 rings (SSSR count). The van der Waals surface area contributed by atoms with E-state index in [9.17, 15) is 0 Å². The molecule has 3 heteroatoms. The molecule has 3 nitrogen and oxygen atoms in total. The lowest BCUT2D eigenvalue weighted by Gasteiger charge is -2.07. The van der Waals surface area contributed by atoms with Gasteiger partial charge in [-0.25, -0.2) is 0 Å². The van der Waals surface area contributed by atoms with Crippen LogP contribution in [0.5, 0.6) is 0 Å². The molecule has 0 saturated carbocycles. The highest BCUT2D eigenvalue weighted by molar-refractivity contribution is 5.87. The number of hydrogen-bond donors (Lipinski definition) is 0. The van der Waals surface area contributed by atoms with Gasteiger partial charge >= 0.3 is 0 Å². The van der Waals surface area contributed by atoms with Crippen molar-refractivity contribution in [2.24, 2.45) is 0 Å². The van der Waals surface area contributed by atoms with Gasteiger partial charge in [-0.05, 0) is 12.5 Å². The Morgan fingerprint density at radius 1 is 1.17 bits per heavy atom. The summed E-state index contributed by atoms with van der Waals surface area (Å²) in [6.45, 7) is 2.00. The molecule has 0 aliphatic carbocycles. The molecule has 0 atom stereocenters. The van der Waals surface area contributed by atoms with Crippen LogP contribution >= 0.6 is 0 Å². The smallest absolute Gasteiger partial charge is 0.155 e. The van der Waals surface area contributed by atoms with E-state index in [0.29, 0.717) is 0 Å². The van der Waals surface area contributed by atoms with Crippen molar-refractivity contribution in [1.82, 2.24) is 14.9 Å². The third-order valence-electron chi connectivity index (χ3n) is 3.20. The van der Waals surface area contributed by atoms with Crippen molar-refractivity contribution in [3.8, 4) is 0 Å². The second kappa shape index (κ2) is 4.55. The molecule has 1 aromatic carbocycles. The standard InChI is InChI=1S/C15H14N3/c1-11-13-4-2-3-5-14(13)15(18-17-11)10-12-6-8-16-9-7-12/h2-6,8-9H,7,10H2,1H3/q+1. The van der Waals surface area contributed by atoms with Crippen LogP contribution in [-0.4, -0.2) is 22.6 Å². The predicted molar refractivity (Wildman–Crippen MR) is 74.9 cm³/mol. The van der Waals surface area contributed by atoms with Crippen molar-refractivity contribution in [3.63, 3.8) is 0 Å². The van der Waals surface area contributed by atoms with Gasteiger partial charge in [-0.15, -0.1) is 4.67 Å². The second-order valence-corrected chi connectivity index (χ2v) is 4.46. The maximum Gasteiger partial charge on any atom is 0.291 e. The van der Waals surface area contributed by atoms with Crippen molar-refractivity contribution in [1.29, 1.82) is 0 Å². The van der Waals surface area contributed by atoms with Gasteiger partial charge in [0.1, 0.15) is 0 Å². The summed E-state index contributed by atoms with van der Waals surface area (Å²) in [5, 5.41) is 11.0. The van der Waals surface area contributed by atoms with Crippen LogP contribution in [0.25, 0.3) is 10.8 Å². The summed E-state index contributed by atoms with van der Waals surface area (Å²) < 4.78 is 4.08. The third-order valence-corrected chi connectivity index (χ3v) is 3.20. The molecule has 18 heavy (non-hydrogen) atoms. The number of rotatable bonds is 2. The number of hydrogen-bond acceptors (Lipinski definition) is 2. The zero-order chi connectivity index (χ0) is 12.4. The summed E-state index contributed by atoms with van der Waals surface area (Å²) in [7, 11) is 0. The minimum absolute atomic E-state index is 0.844. The summed E-state index contributed by atoms with van der Waals surface area (Å²) in [4.78, 5) is 0. The van der Waals surface area contributed by atoms with Gasteiger partial charge in [0, 0.05) is 23.3 Å². The van der Waals surface area contributed by atoms with E-state index in [4.69, 9.17) is 0 Å². The first-order valence-electron chi connectivity index (χ1n) is 6.08. The number of allylic oxidation sites excluding steroid dienone is 2. The van der Waals surface area contributed by atoms with Gasteiger partial charge < -0.3 is 0 Å². The van der Waals surface area contributed by atoms with Crippen molar-refractivity contribution in [3.05, 3.63) is 47.3 Å². The van der Waals surface area contributed by atoms with E-state index < -0.39 is 0 Å². The van der Waals surface area contributed by atoms with E-state index in [0.717, 1.165) is 24.2 Å². The van der Waals surface area contributed by atoms with Gasteiger partial charge in [-0.3, -0.25) is 0 Å². The number of fused-ring (bicyclic) bond motifs is 1. The molecule has 1 aliphatic heterocycles. The average Bonchev–Trinajstić information content (AvgIpc) is 2.44. The minimum atomic E-state index is 0.844. The van der Waals surface area contributed by atoms with Gasteiger partial charge in [0.05, 0.1) is 17.8 Å². The fourth-order valence-electron chi connectivity index (χ4n) is 2.22. The molecule has 0 unspecified atom stereocenters. The Hall–Kier alpha value is -2.25. The van der Waals surface area contributed by atoms with Crippen molar-refractivity contribution in [2.75, 3.05) is 0 Å². The molecule has 0 radical (unpaired) electrons. The van der Waals surface area contributed by atoms with Crippen LogP contribution in [0.1, 0.15) is 17.8 Å². The van der Waals surface area contributed by atoms with Crippen LogP contribution in [-0.2, 0) is 6.42 Å². The number of nitrogens with zero attached hydrogens (tertiary/aromatic N) is 3. The molecular weight excluding hydrogens is 222 g/mol. The average molecular weight is 236 g/mol. The van der Waals surface area contributed by atoms with Crippen LogP contribution in [0, 0.1) is 6.92 Å². The second-order valence-electron chi connectivity index (χ2n) is 4.46. The Morgan fingerprint density at radius 3 is 2.78 bits per heavy atom. The van der Waals surface area contributed by atoms with Gasteiger partial charge in [0.2, 0.25) is 0 Å². The molecule has 0 amide bonds. The molecule has 1 aromatic heterocycles. The summed E-state index contributed by atoms with van der Waals surface area (Å²) in [6.07, 6.45) is 7.58. The van der Waals surface area contributed by atoms with Gasteiger partial charge in [-0.2, -0.15) is 10.2 Å². The van der Waals surface area contributed by atoms with Crippen LogP contribution in [0.4, 0.5) is 0 Å². The molecule has 0 spiro atoms. The van der Waals surface area contributed by atoms with Gasteiger partial charge in [0.25, 0.3) is 12.4 Å². The Bertz CT molecular complexity index is 692. The van der Waals surface area contributed by atoms with Crippen LogP contribution in [0.2, 0.25) is 0 Å². The zero-order valence-corrected chi connectivity index (χ0v) is 10.3. The topological polar surface area (TPSA) is 39.9 Å². The normalized spacial score (nSPS) is 13.9. The number of aryl methyl sites for hydroxylation is 1. The quantitative estimate of drug-likeness (QED) is 0.748. The van der Waals surface area contributed by atoms with Gasteiger partial charge in [0.15, 0.2) is 0 Å². The van der Waals surface area contributed by atoms with E-state index in [-0.39, 0.29) is 0 Å². The molecule has 2 aromatic rings. The maximum absolute atomic E-state index is 4.35. The highest BCUT2D eigenvalue weighted by Crippen LogP contribution is 2.21. The highest BCUT2D eigenvalue weighted by atomic mass is 15.1. The first kappa shape index (κ1) is 10.9. The molecule has 2 heterocycles. The van der Waals surface area contributed by atoms with Crippen molar-refractivity contribution >= 4 is 23.2 Å². The predicted octanol–water partition coefficient (Wildman–Crippen LogP) is 2.02. The van der Waals surface area contributed by atoms with E-state index in [1.165, 1.54) is 16.3 Å². The molecule has 0 bridgehead atoms. The van der Waals surface area contributed by atoms with Crippen LogP contribution in [0.3, 0.4) is 0 Å². The van der Waals surface area contributed by atoms with E-state index in [1.807, 2.05) is 25.4 Å². The first-order valence-corrected chi connectivity index (χ1v) is 6.08. The summed E-state index contributed by atoms with van der Waals surface area (Å²) in [5.41, 5.74) is 3.36. The summed E-state index contributed by atoms with van der Waals surface area (Å²) >= 11 is 0. The molecule has 88 valence electrons. The van der Waals surface area contributed by atoms with E-state index >= 15 is 0 Å². The van der Waals surface area contributed by atoms with Crippen LogP contribution < -0.4 is 4.67 Å². The lowest BCUT2D eigenvalue weighted by molar-refractivity contribution is 0.917. The molecule has 0 N–H and O–H groups in total. The SMILES string of the molecule is Cc1nnc(CC2=CC=[N+]=CC2)c2ccccc12. The Morgan fingerprint density at radius 2 is 2.00 bits per heavy atom. The molecule has 0 saturated heterocycles. The van der Waals surface area contributed by atoms with Gasteiger partial charge in [-0.1, -0.05) is 24.3 Å². The molecule has 1 aliphatic rings. The Balaban J connectivity index is 2.05. The zero-order valence-electron chi connectivity index (χ0n) is 10.3. The van der Waals surface area contributed by atoms with Crippen LogP contribution in [0.15, 0.2) is 35.9 Å². The lowest BCUT2D eigenvalue weighted by atomic mass is 10.0. The number of aromatic nitrogens is 2. The van der Waals surface area contributed by atoms with E-state index in [1.54, 1.807) is 0 Å². The Kier molecular flexibility index (Phi) is 2.75. The van der Waals surface area contributed by atoms with Crippen molar-refractivity contribution < 1.29 is 0 Å². The van der Waals surface area contributed by atoms with Crippen molar-refractivity contribution in [2.45, 2.75) is 19.8 Å². The minimum Gasteiger partial charge on any atom is -0.155 e. The number of benzene rings is 1. The first-order chi connectivity index (χ1) is 8.84. The molecule has 0 fully saturated rings. The lowest BCUT2D eigenvalue weighted by Crippen LogP contribution is -2.03. The summed E-state index contributed by atoms with van der Waals surface area (Å²) in [5.74, 6) is 0. The third kappa shape index (κ3) is 1.96. The largest absolute Gasteiger partial charge is 0.291 e. The summed E-state index contributed by atoms with van der Waals surface area (Å²) in [6, 6.07) is 8.32. The van der Waals surface area contributed by atoms with E-state index in [2.05, 4.69) is 39.1 Å². The Labute approximate surface area is 106 Å².